The molecule has 2 rings (SSSR count). The van der Waals surface area contributed by atoms with Crippen molar-refractivity contribution in [3.05, 3.63) is 53.3 Å². The van der Waals surface area contributed by atoms with Gasteiger partial charge in [0, 0.05) is 11.8 Å². The number of nitrogens with zero attached hydrogens (tertiary/aromatic N) is 1. The Morgan fingerprint density at radius 1 is 1.40 bits per heavy atom. The van der Waals surface area contributed by atoms with Crippen molar-refractivity contribution >= 4 is 11.6 Å². The van der Waals surface area contributed by atoms with E-state index in [1.807, 2.05) is 19.1 Å². The number of hydrogen-bond acceptors (Lipinski definition) is 4. The fourth-order valence-electron chi connectivity index (χ4n) is 1.82. The molecular formula is C15H17N3O2. The van der Waals surface area contributed by atoms with Crippen LogP contribution in [-0.4, -0.2) is 18.0 Å². The lowest BCUT2D eigenvalue weighted by molar-refractivity contribution is 0.0950. The van der Waals surface area contributed by atoms with E-state index in [0.717, 1.165) is 11.3 Å². The van der Waals surface area contributed by atoms with Crippen molar-refractivity contribution in [1.29, 1.82) is 0 Å². The van der Waals surface area contributed by atoms with Crippen LogP contribution in [-0.2, 0) is 6.54 Å². The van der Waals surface area contributed by atoms with Gasteiger partial charge in [-0.05, 0) is 36.8 Å². The van der Waals surface area contributed by atoms with Crippen molar-refractivity contribution in [2.24, 2.45) is 0 Å². The fraction of sp³-hybridized carbons (Fsp3) is 0.200. The lowest BCUT2D eigenvalue weighted by Gasteiger charge is -2.09. The SMILES string of the molecule is COc1cc(C(=O)NCc2ncccc2C)ccc1N. The molecule has 1 aromatic heterocycles. The average molecular weight is 271 g/mol. The van der Waals surface area contributed by atoms with Crippen molar-refractivity contribution in [1.82, 2.24) is 10.3 Å². The van der Waals surface area contributed by atoms with Crippen LogP contribution < -0.4 is 15.8 Å². The Morgan fingerprint density at radius 3 is 2.90 bits per heavy atom. The number of anilines is 1. The Labute approximate surface area is 117 Å². The first-order valence-electron chi connectivity index (χ1n) is 6.24. The molecule has 20 heavy (non-hydrogen) atoms. The molecule has 0 atom stereocenters. The minimum absolute atomic E-state index is 0.187. The van der Waals surface area contributed by atoms with E-state index < -0.39 is 0 Å². The molecule has 0 aliphatic carbocycles. The van der Waals surface area contributed by atoms with Gasteiger partial charge in [-0.1, -0.05) is 6.07 Å². The van der Waals surface area contributed by atoms with Crippen LogP contribution in [0.25, 0.3) is 0 Å². The van der Waals surface area contributed by atoms with E-state index in [1.165, 1.54) is 7.11 Å². The van der Waals surface area contributed by atoms with Crippen LogP contribution in [0.3, 0.4) is 0 Å². The summed E-state index contributed by atoms with van der Waals surface area (Å²) in [4.78, 5) is 16.3. The molecule has 0 aliphatic heterocycles. The number of methoxy groups -OCH3 is 1. The van der Waals surface area contributed by atoms with Gasteiger partial charge in [0.15, 0.2) is 0 Å². The Morgan fingerprint density at radius 2 is 2.20 bits per heavy atom. The van der Waals surface area contributed by atoms with Gasteiger partial charge in [-0.15, -0.1) is 0 Å². The normalized spacial score (nSPS) is 10.1. The Kier molecular flexibility index (Phi) is 4.20. The number of aromatic nitrogens is 1. The molecule has 0 unspecified atom stereocenters. The van der Waals surface area contributed by atoms with Crippen LogP contribution in [0.5, 0.6) is 5.75 Å². The molecule has 1 amide bonds. The summed E-state index contributed by atoms with van der Waals surface area (Å²) >= 11 is 0. The maximum atomic E-state index is 12.1. The maximum absolute atomic E-state index is 12.1. The van der Waals surface area contributed by atoms with Crippen LogP contribution in [0.1, 0.15) is 21.6 Å². The van der Waals surface area contributed by atoms with Crippen LogP contribution >= 0.6 is 0 Å². The lowest BCUT2D eigenvalue weighted by atomic mass is 10.1. The number of benzene rings is 1. The van der Waals surface area contributed by atoms with Gasteiger partial charge in [0.1, 0.15) is 5.75 Å². The van der Waals surface area contributed by atoms with Gasteiger partial charge < -0.3 is 15.8 Å². The van der Waals surface area contributed by atoms with Gasteiger partial charge in [0.05, 0.1) is 25.0 Å². The van der Waals surface area contributed by atoms with Gasteiger partial charge in [-0.3, -0.25) is 9.78 Å². The zero-order valence-electron chi connectivity index (χ0n) is 11.5. The number of nitrogens with one attached hydrogen (secondary N) is 1. The quantitative estimate of drug-likeness (QED) is 0.833. The van der Waals surface area contributed by atoms with Crippen molar-refractivity contribution in [3.63, 3.8) is 0 Å². The van der Waals surface area contributed by atoms with E-state index in [-0.39, 0.29) is 5.91 Å². The minimum Gasteiger partial charge on any atom is -0.495 e. The zero-order valence-corrected chi connectivity index (χ0v) is 11.5. The molecule has 0 saturated carbocycles. The molecule has 0 aliphatic rings. The molecule has 0 spiro atoms. The van der Waals surface area contributed by atoms with E-state index in [2.05, 4.69) is 10.3 Å². The monoisotopic (exact) mass is 271 g/mol. The molecule has 1 heterocycles. The van der Waals surface area contributed by atoms with E-state index >= 15 is 0 Å². The topological polar surface area (TPSA) is 77.2 Å². The molecule has 0 radical (unpaired) electrons. The number of nitrogen functional groups attached to an aromatic ring is 1. The number of hydrogen-bond donors (Lipinski definition) is 2. The highest BCUT2D eigenvalue weighted by Gasteiger charge is 2.09. The van der Waals surface area contributed by atoms with Crippen LogP contribution in [0.2, 0.25) is 0 Å². The standard InChI is InChI=1S/C15H17N3O2/c1-10-4-3-7-17-13(10)9-18-15(19)11-5-6-12(16)14(8-11)20-2/h3-8H,9,16H2,1-2H3,(H,18,19). The number of pyridine rings is 1. The first kappa shape index (κ1) is 13.9. The second-order valence-electron chi connectivity index (χ2n) is 4.41. The number of carbonyl (C=O) groups excluding carboxylic acids is 1. The summed E-state index contributed by atoms with van der Waals surface area (Å²) in [6.07, 6.45) is 1.71. The van der Waals surface area contributed by atoms with Crippen molar-refractivity contribution < 1.29 is 9.53 Å². The molecule has 0 saturated heterocycles. The first-order valence-corrected chi connectivity index (χ1v) is 6.24. The zero-order chi connectivity index (χ0) is 14.5. The van der Waals surface area contributed by atoms with E-state index in [0.29, 0.717) is 23.5 Å². The number of aryl methyl sites for hydroxylation is 1. The third-order valence-corrected chi connectivity index (χ3v) is 3.03. The molecule has 5 heteroatoms. The molecule has 5 nitrogen and oxygen atoms in total. The van der Waals surface area contributed by atoms with Crippen molar-refractivity contribution in [3.8, 4) is 5.75 Å². The third kappa shape index (κ3) is 3.06. The van der Waals surface area contributed by atoms with Gasteiger partial charge in [-0.2, -0.15) is 0 Å². The van der Waals surface area contributed by atoms with E-state index in [4.69, 9.17) is 10.5 Å². The molecule has 0 fully saturated rings. The second-order valence-corrected chi connectivity index (χ2v) is 4.41. The van der Waals surface area contributed by atoms with Gasteiger partial charge in [0.2, 0.25) is 0 Å². The molecule has 104 valence electrons. The van der Waals surface area contributed by atoms with Crippen LogP contribution in [0.4, 0.5) is 5.69 Å². The summed E-state index contributed by atoms with van der Waals surface area (Å²) < 4.78 is 5.10. The summed E-state index contributed by atoms with van der Waals surface area (Å²) in [7, 11) is 1.52. The molecule has 1 aromatic carbocycles. The van der Waals surface area contributed by atoms with E-state index in [9.17, 15) is 4.79 Å². The smallest absolute Gasteiger partial charge is 0.251 e. The Bertz CT molecular complexity index is 626. The van der Waals surface area contributed by atoms with Crippen LogP contribution in [0.15, 0.2) is 36.5 Å². The second kappa shape index (κ2) is 6.06. The minimum atomic E-state index is -0.187. The summed E-state index contributed by atoms with van der Waals surface area (Å²) in [5.41, 5.74) is 8.62. The van der Waals surface area contributed by atoms with Crippen LogP contribution in [0, 0.1) is 6.92 Å². The summed E-state index contributed by atoms with van der Waals surface area (Å²) in [5.74, 6) is 0.306. The number of nitrogens with two attached hydrogens (primary N) is 1. The van der Waals surface area contributed by atoms with E-state index in [1.54, 1.807) is 24.4 Å². The largest absolute Gasteiger partial charge is 0.495 e. The average Bonchev–Trinajstić information content (AvgIpc) is 2.46. The Hall–Kier alpha value is -2.56. The predicted octanol–water partition coefficient (Wildman–Crippen LogP) is 1.91. The molecule has 2 aromatic rings. The maximum Gasteiger partial charge on any atom is 0.251 e. The van der Waals surface area contributed by atoms with Crippen molar-refractivity contribution in [2.45, 2.75) is 13.5 Å². The number of carbonyl (C=O) groups is 1. The third-order valence-electron chi connectivity index (χ3n) is 3.03. The molecule has 3 N–H and O–H groups in total. The number of ether oxygens (including phenoxy) is 1. The van der Waals surface area contributed by atoms with Gasteiger partial charge >= 0.3 is 0 Å². The highest BCUT2D eigenvalue weighted by atomic mass is 16.5. The highest BCUT2D eigenvalue weighted by molar-refractivity contribution is 5.95. The summed E-state index contributed by atoms with van der Waals surface area (Å²) in [5, 5.41) is 2.83. The van der Waals surface area contributed by atoms with Gasteiger partial charge in [0.25, 0.3) is 5.91 Å². The predicted molar refractivity (Wildman–Crippen MR) is 77.6 cm³/mol. The van der Waals surface area contributed by atoms with Gasteiger partial charge in [-0.25, -0.2) is 0 Å². The first-order chi connectivity index (χ1) is 9.61. The number of rotatable bonds is 4. The summed E-state index contributed by atoms with van der Waals surface area (Å²) in [6, 6.07) is 8.76. The molecular weight excluding hydrogens is 254 g/mol. The lowest BCUT2D eigenvalue weighted by Crippen LogP contribution is -2.23. The van der Waals surface area contributed by atoms with Crippen molar-refractivity contribution in [2.75, 3.05) is 12.8 Å². The summed E-state index contributed by atoms with van der Waals surface area (Å²) in [6.45, 7) is 2.35. The fourth-order valence-corrected chi connectivity index (χ4v) is 1.82. The number of amides is 1. The Balaban J connectivity index is 2.07. The molecule has 0 bridgehead atoms. The highest BCUT2D eigenvalue weighted by Crippen LogP contribution is 2.22.